The molecular formula is C28H31N3O2. The molecule has 170 valence electrons. The average molecular weight is 442 g/mol. The van der Waals surface area contributed by atoms with Crippen LogP contribution in [0.15, 0.2) is 72.9 Å². The van der Waals surface area contributed by atoms with Gasteiger partial charge in [0.1, 0.15) is 5.69 Å². The third kappa shape index (κ3) is 4.82. The molecule has 5 nitrogen and oxygen atoms in total. The van der Waals surface area contributed by atoms with Gasteiger partial charge in [-0.2, -0.15) is 0 Å². The van der Waals surface area contributed by atoms with Gasteiger partial charge in [0.25, 0.3) is 5.91 Å². The standard InChI is InChI=1S/C28H31N3O2/c1-3-29-27(33)28(15-18-31(19-16-28)26(32)25-14-8-9-17-30-25)20-22-11-5-7-13-24(22)23-12-6-4-10-21(23)2/h4-14,17H,3,15-16,18-20H2,1-2H3,(H,29,33). The van der Waals surface area contributed by atoms with Crippen molar-refractivity contribution in [3.63, 3.8) is 0 Å². The molecular weight excluding hydrogens is 410 g/mol. The number of benzene rings is 2. The van der Waals surface area contributed by atoms with Crippen LogP contribution in [0.25, 0.3) is 11.1 Å². The van der Waals surface area contributed by atoms with Crippen molar-refractivity contribution in [2.45, 2.75) is 33.1 Å². The Labute approximate surface area is 195 Å². The number of aromatic nitrogens is 1. The lowest BCUT2D eigenvalue weighted by Crippen LogP contribution is -2.51. The molecule has 1 aliphatic rings. The normalized spacial score (nSPS) is 15.2. The molecule has 0 radical (unpaired) electrons. The molecule has 4 rings (SSSR count). The van der Waals surface area contributed by atoms with E-state index in [1.807, 2.05) is 30.0 Å². The maximum absolute atomic E-state index is 13.4. The highest BCUT2D eigenvalue weighted by molar-refractivity contribution is 5.92. The number of hydrogen-bond acceptors (Lipinski definition) is 3. The number of piperidine rings is 1. The highest BCUT2D eigenvalue weighted by Crippen LogP contribution is 2.39. The summed E-state index contributed by atoms with van der Waals surface area (Å²) in [7, 11) is 0. The molecule has 1 aromatic heterocycles. The summed E-state index contributed by atoms with van der Waals surface area (Å²) in [4.78, 5) is 32.3. The van der Waals surface area contributed by atoms with Crippen molar-refractivity contribution in [1.29, 1.82) is 0 Å². The van der Waals surface area contributed by atoms with Gasteiger partial charge in [-0.3, -0.25) is 14.6 Å². The molecule has 2 aromatic carbocycles. The molecule has 0 saturated carbocycles. The van der Waals surface area contributed by atoms with Gasteiger partial charge in [-0.1, -0.05) is 54.6 Å². The van der Waals surface area contributed by atoms with E-state index in [1.54, 1.807) is 18.3 Å². The van der Waals surface area contributed by atoms with Gasteiger partial charge in [0.2, 0.25) is 5.91 Å². The number of nitrogens with zero attached hydrogens (tertiary/aromatic N) is 2. The van der Waals surface area contributed by atoms with Crippen molar-refractivity contribution in [1.82, 2.24) is 15.2 Å². The highest BCUT2D eigenvalue weighted by atomic mass is 16.2. The van der Waals surface area contributed by atoms with E-state index in [4.69, 9.17) is 0 Å². The Kier molecular flexibility index (Phi) is 6.87. The summed E-state index contributed by atoms with van der Waals surface area (Å²) in [6.45, 7) is 5.74. The zero-order valence-corrected chi connectivity index (χ0v) is 19.4. The maximum Gasteiger partial charge on any atom is 0.272 e. The van der Waals surface area contributed by atoms with Crippen molar-refractivity contribution >= 4 is 11.8 Å². The van der Waals surface area contributed by atoms with Crippen molar-refractivity contribution in [3.05, 3.63) is 89.7 Å². The fourth-order valence-electron chi connectivity index (χ4n) is 4.80. The molecule has 5 heteroatoms. The van der Waals surface area contributed by atoms with Gasteiger partial charge >= 0.3 is 0 Å². The van der Waals surface area contributed by atoms with Crippen LogP contribution in [0.3, 0.4) is 0 Å². The first kappa shape index (κ1) is 22.7. The summed E-state index contributed by atoms with van der Waals surface area (Å²) in [5, 5.41) is 3.07. The number of carbonyl (C=O) groups excluding carboxylic acids is 2. The van der Waals surface area contributed by atoms with E-state index in [1.165, 1.54) is 22.3 Å². The Balaban J connectivity index is 1.61. The van der Waals surface area contributed by atoms with Crippen molar-refractivity contribution in [3.8, 4) is 11.1 Å². The van der Waals surface area contributed by atoms with Gasteiger partial charge in [-0.25, -0.2) is 0 Å². The first-order valence-electron chi connectivity index (χ1n) is 11.7. The monoisotopic (exact) mass is 441 g/mol. The molecule has 0 spiro atoms. The summed E-state index contributed by atoms with van der Waals surface area (Å²) < 4.78 is 0. The topological polar surface area (TPSA) is 62.3 Å². The van der Waals surface area contributed by atoms with E-state index in [-0.39, 0.29) is 11.8 Å². The summed E-state index contributed by atoms with van der Waals surface area (Å²) in [6.07, 6.45) is 3.53. The molecule has 1 fully saturated rings. The SMILES string of the molecule is CCNC(=O)C1(Cc2ccccc2-c2ccccc2C)CCN(C(=O)c2ccccn2)CC1. The third-order valence-corrected chi connectivity index (χ3v) is 6.69. The Bertz CT molecular complexity index is 1120. The maximum atomic E-state index is 13.4. The van der Waals surface area contributed by atoms with E-state index in [2.05, 4.69) is 53.6 Å². The molecule has 0 unspecified atom stereocenters. The Morgan fingerprint density at radius 2 is 1.61 bits per heavy atom. The molecule has 0 atom stereocenters. The van der Waals surface area contributed by atoms with Crippen molar-refractivity contribution < 1.29 is 9.59 Å². The minimum Gasteiger partial charge on any atom is -0.356 e. The van der Waals surface area contributed by atoms with E-state index < -0.39 is 5.41 Å². The highest BCUT2D eigenvalue weighted by Gasteiger charge is 2.42. The Hall–Kier alpha value is -3.47. The molecule has 1 N–H and O–H groups in total. The molecule has 33 heavy (non-hydrogen) atoms. The van der Waals surface area contributed by atoms with Gasteiger partial charge in [0.15, 0.2) is 0 Å². The second-order valence-electron chi connectivity index (χ2n) is 8.80. The van der Waals surface area contributed by atoms with Gasteiger partial charge in [-0.05, 0) is 67.5 Å². The zero-order chi connectivity index (χ0) is 23.3. The van der Waals surface area contributed by atoms with Gasteiger partial charge < -0.3 is 10.2 Å². The largest absolute Gasteiger partial charge is 0.356 e. The fraction of sp³-hybridized carbons (Fsp3) is 0.321. The van der Waals surface area contributed by atoms with Crippen LogP contribution in [0.4, 0.5) is 0 Å². The fourth-order valence-corrected chi connectivity index (χ4v) is 4.80. The number of likely N-dealkylation sites (tertiary alicyclic amines) is 1. The Morgan fingerprint density at radius 1 is 0.939 bits per heavy atom. The van der Waals surface area contributed by atoms with E-state index in [0.29, 0.717) is 44.6 Å². The summed E-state index contributed by atoms with van der Waals surface area (Å²) in [6, 6.07) is 22.1. The lowest BCUT2D eigenvalue weighted by atomic mass is 9.71. The molecule has 2 heterocycles. The Morgan fingerprint density at radius 3 is 2.27 bits per heavy atom. The number of aryl methyl sites for hydroxylation is 1. The number of amides is 2. The number of carbonyl (C=O) groups is 2. The van der Waals surface area contributed by atoms with Gasteiger partial charge in [0, 0.05) is 25.8 Å². The van der Waals surface area contributed by atoms with Crippen LogP contribution in [0.5, 0.6) is 0 Å². The summed E-state index contributed by atoms with van der Waals surface area (Å²) >= 11 is 0. The van der Waals surface area contributed by atoms with Crippen LogP contribution in [-0.4, -0.2) is 41.3 Å². The second kappa shape index (κ2) is 9.99. The van der Waals surface area contributed by atoms with Gasteiger partial charge in [-0.15, -0.1) is 0 Å². The van der Waals surface area contributed by atoms with Crippen molar-refractivity contribution in [2.75, 3.05) is 19.6 Å². The molecule has 0 bridgehead atoms. The van der Waals surface area contributed by atoms with E-state index in [0.717, 1.165) is 0 Å². The van der Waals surface area contributed by atoms with E-state index >= 15 is 0 Å². The van der Waals surface area contributed by atoms with Crippen LogP contribution in [0.2, 0.25) is 0 Å². The lowest BCUT2D eigenvalue weighted by Gasteiger charge is -2.41. The van der Waals surface area contributed by atoms with Crippen LogP contribution in [0, 0.1) is 12.3 Å². The molecule has 1 aliphatic heterocycles. The lowest BCUT2D eigenvalue weighted by molar-refractivity contribution is -0.133. The zero-order valence-electron chi connectivity index (χ0n) is 19.4. The third-order valence-electron chi connectivity index (χ3n) is 6.69. The number of hydrogen-bond donors (Lipinski definition) is 1. The average Bonchev–Trinajstić information content (AvgIpc) is 2.85. The number of rotatable bonds is 6. The first-order chi connectivity index (χ1) is 16.0. The smallest absolute Gasteiger partial charge is 0.272 e. The minimum absolute atomic E-state index is 0.0691. The minimum atomic E-state index is -0.546. The predicted molar refractivity (Wildman–Crippen MR) is 131 cm³/mol. The number of pyridine rings is 1. The molecule has 2 amide bonds. The van der Waals surface area contributed by atoms with Crippen LogP contribution in [-0.2, 0) is 11.2 Å². The first-order valence-corrected chi connectivity index (χ1v) is 11.7. The predicted octanol–water partition coefficient (Wildman–Crippen LogP) is 4.66. The second-order valence-corrected chi connectivity index (χ2v) is 8.80. The summed E-state index contributed by atoms with van der Waals surface area (Å²) in [5.41, 5.74) is 4.66. The van der Waals surface area contributed by atoms with Crippen molar-refractivity contribution in [2.24, 2.45) is 5.41 Å². The van der Waals surface area contributed by atoms with Gasteiger partial charge in [0.05, 0.1) is 5.41 Å². The summed E-state index contributed by atoms with van der Waals surface area (Å²) in [5.74, 6) is 0.00920. The van der Waals surface area contributed by atoms with Crippen LogP contribution in [0.1, 0.15) is 41.4 Å². The number of nitrogens with one attached hydrogen (secondary N) is 1. The quantitative estimate of drug-likeness (QED) is 0.605. The van der Waals surface area contributed by atoms with Crippen LogP contribution >= 0.6 is 0 Å². The molecule has 1 saturated heterocycles. The van der Waals surface area contributed by atoms with E-state index in [9.17, 15) is 9.59 Å². The molecule has 0 aliphatic carbocycles. The van der Waals surface area contributed by atoms with Crippen LogP contribution < -0.4 is 5.32 Å². The molecule has 3 aromatic rings.